The molecule has 0 aliphatic carbocycles. The molecule has 0 saturated carbocycles. The average Bonchev–Trinajstić information content (AvgIpc) is 2.88. The van der Waals surface area contributed by atoms with Gasteiger partial charge in [0.2, 0.25) is 5.89 Å². The lowest BCUT2D eigenvalue weighted by atomic mass is 9.90. The molecule has 0 bridgehead atoms. The molecule has 1 fully saturated rings. The molecule has 0 aromatic carbocycles. The van der Waals surface area contributed by atoms with Gasteiger partial charge in [0, 0.05) is 6.54 Å². The van der Waals surface area contributed by atoms with Crippen LogP contribution in [0.25, 0.3) is 0 Å². The van der Waals surface area contributed by atoms with Gasteiger partial charge in [-0.05, 0) is 32.1 Å². The fraction of sp³-hybridized carbons (Fsp3) is 0.818. The van der Waals surface area contributed by atoms with Crippen molar-refractivity contribution in [2.45, 2.75) is 37.9 Å². The summed E-state index contributed by atoms with van der Waals surface area (Å²) in [5.74, 6) is 3.65. The molecular weight excluding hydrogens is 222 g/mol. The summed E-state index contributed by atoms with van der Waals surface area (Å²) in [4.78, 5) is 4.50. The van der Waals surface area contributed by atoms with Crippen LogP contribution in [0.5, 0.6) is 0 Å². The summed E-state index contributed by atoms with van der Waals surface area (Å²) < 4.78 is 5.37. The van der Waals surface area contributed by atoms with E-state index < -0.39 is 0 Å². The van der Waals surface area contributed by atoms with Gasteiger partial charge in [0.15, 0.2) is 5.82 Å². The average molecular weight is 241 g/mol. The van der Waals surface area contributed by atoms with Gasteiger partial charge in [-0.3, -0.25) is 0 Å². The monoisotopic (exact) mass is 241 g/mol. The summed E-state index contributed by atoms with van der Waals surface area (Å²) in [7, 11) is 0. The van der Waals surface area contributed by atoms with Crippen molar-refractivity contribution in [3.8, 4) is 0 Å². The van der Waals surface area contributed by atoms with Crippen LogP contribution in [0.4, 0.5) is 0 Å². The van der Waals surface area contributed by atoms with Gasteiger partial charge in [0.25, 0.3) is 0 Å². The molecule has 5 heteroatoms. The zero-order chi connectivity index (χ0) is 11.4. The van der Waals surface area contributed by atoms with Crippen LogP contribution in [0.3, 0.4) is 0 Å². The summed E-state index contributed by atoms with van der Waals surface area (Å²) in [6.45, 7) is 6.35. The Hall–Kier alpha value is -0.550. The molecule has 1 aromatic rings. The predicted octanol–water partition coefficient (Wildman–Crippen LogP) is 1.96. The van der Waals surface area contributed by atoms with Gasteiger partial charge in [0.1, 0.15) is 0 Å². The minimum atomic E-state index is 0.0423. The molecule has 1 saturated heterocycles. The fourth-order valence-corrected chi connectivity index (χ4v) is 2.60. The van der Waals surface area contributed by atoms with Gasteiger partial charge in [-0.15, -0.1) is 0 Å². The summed E-state index contributed by atoms with van der Waals surface area (Å²) in [5, 5.41) is 7.38. The van der Waals surface area contributed by atoms with Crippen molar-refractivity contribution in [1.29, 1.82) is 0 Å². The minimum Gasteiger partial charge on any atom is -0.339 e. The first-order valence-corrected chi connectivity index (χ1v) is 7.01. The van der Waals surface area contributed by atoms with Crippen LogP contribution in [0, 0.1) is 0 Å². The number of hydrogen-bond acceptors (Lipinski definition) is 5. The van der Waals surface area contributed by atoms with Crippen LogP contribution in [0.15, 0.2) is 4.52 Å². The molecule has 1 atom stereocenters. The highest BCUT2D eigenvalue weighted by Gasteiger charge is 2.35. The molecule has 1 aromatic heterocycles. The van der Waals surface area contributed by atoms with Gasteiger partial charge in [0.05, 0.1) is 11.2 Å². The van der Waals surface area contributed by atoms with E-state index in [-0.39, 0.29) is 5.41 Å². The largest absolute Gasteiger partial charge is 0.339 e. The van der Waals surface area contributed by atoms with E-state index in [4.69, 9.17) is 4.52 Å². The van der Waals surface area contributed by atoms with E-state index in [9.17, 15) is 0 Å². The minimum absolute atomic E-state index is 0.0423. The first-order valence-electron chi connectivity index (χ1n) is 5.86. The third kappa shape index (κ3) is 2.58. The zero-order valence-electron chi connectivity index (χ0n) is 9.95. The number of rotatable bonds is 5. The van der Waals surface area contributed by atoms with Crippen LogP contribution in [0.1, 0.15) is 38.4 Å². The number of aromatic nitrogens is 2. The molecule has 1 unspecified atom stereocenters. The Morgan fingerprint density at radius 1 is 1.56 bits per heavy atom. The Kier molecular flexibility index (Phi) is 3.86. The lowest BCUT2D eigenvalue weighted by molar-refractivity contribution is 0.305. The van der Waals surface area contributed by atoms with E-state index in [0.717, 1.165) is 42.7 Å². The Bertz CT molecular complexity index is 334. The smallest absolute Gasteiger partial charge is 0.233 e. The van der Waals surface area contributed by atoms with E-state index in [1.807, 2.05) is 11.8 Å². The number of nitrogens with one attached hydrogen (secondary N) is 1. The van der Waals surface area contributed by atoms with Crippen molar-refractivity contribution in [2.24, 2.45) is 0 Å². The van der Waals surface area contributed by atoms with Gasteiger partial charge < -0.3 is 9.84 Å². The van der Waals surface area contributed by atoms with Crippen LogP contribution < -0.4 is 5.32 Å². The van der Waals surface area contributed by atoms with Crippen LogP contribution in [-0.4, -0.2) is 29.0 Å². The molecule has 1 N–H and O–H groups in total. The summed E-state index contributed by atoms with van der Waals surface area (Å²) in [5.41, 5.74) is 0.0423. The van der Waals surface area contributed by atoms with E-state index in [1.54, 1.807) is 0 Å². The molecule has 0 amide bonds. The van der Waals surface area contributed by atoms with Crippen molar-refractivity contribution in [3.63, 3.8) is 0 Å². The molecule has 1 aliphatic rings. The molecule has 4 nitrogen and oxygen atoms in total. The van der Waals surface area contributed by atoms with Gasteiger partial charge in [-0.25, -0.2) is 0 Å². The normalized spacial score (nSPS) is 25.1. The first kappa shape index (κ1) is 11.9. The van der Waals surface area contributed by atoms with Gasteiger partial charge in [-0.1, -0.05) is 12.1 Å². The van der Waals surface area contributed by atoms with Crippen molar-refractivity contribution in [2.75, 3.05) is 18.8 Å². The molecule has 2 heterocycles. The SMILES string of the molecule is CCCSCc1noc(C2(C)CCNC2)n1. The second kappa shape index (κ2) is 5.19. The molecule has 90 valence electrons. The molecule has 0 spiro atoms. The maximum atomic E-state index is 5.37. The highest BCUT2D eigenvalue weighted by Crippen LogP contribution is 2.28. The summed E-state index contributed by atoms with van der Waals surface area (Å²) >= 11 is 1.86. The second-order valence-corrected chi connectivity index (χ2v) is 5.66. The van der Waals surface area contributed by atoms with E-state index in [1.165, 1.54) is 6.42 Å². The maximum absolute atomic E-state index is 5.37. The fourth-order valence-electron chi connectivity index (χ4n) is 1.87. The standard InChI is InChI=1S/C11H19N3OS/c1-3-6-16-7-9-13-10(15-14-9)11(2)4-5-12-8-11/h12H,3-8H2,1-2H3. The Morgan fingerprint density at radius 3 is 3.12 bits per heavy atom. The van der Waals surface area contributed by atoms with Gasteiger partial charge in [-0.2, -0.15) is 16.7 Å². The number of hydrogen-bond donors (Lipinski definition) is 1. The summed E-state index contributed by atoms with van der Waals surface area (Å²) in [6, 6.07) is 0. The van der Waals surface area contributed by atoms with E-state index in [2.05, 4.69) is 29.3 Å². The maximum Gasteiger partial charge on any atom is 0.233 e. The van der Waals surface area contributed by atoms with Crippen LogP contribution in [0.2, 0.25) is 0 Å². The third-order valence-electron chi connectivity index (χ3n) is 2.93. The van der Waals surface area contributed by atoms with E-state index >= 15 is 0 Å². The molecule has 0 radical (unpaired) electrons. The third-order valence-corrected chi connectivity index (χ3v) is 4.09. The lowest BCUT2D eigenvalue weighted by Crippen LogP contribution is -2.25. The Morgan fingerprint density at radius 2 is 2.44 bits per heavy atom. The predicted molar refractivity (Wildman–Crippen MR) is 65.6 cm³/mol. The van der Waals surface area contributed by atoms with Gasteiger partial charge >= 0.3 is 0 Å². The molecule has 2 rings (SSSR count). The second-order valence-electron chi connectivity index (χ2n) is 4.56. The topological polar surface area (TPSA) is 51.0 Å². The van der Waals surface area contributed by atoms with Crippen molar-refractivity contribution in [1.82, 2.24) is 15.5 Å². The summed E-state index contributed by atoms with van der Waals surface area (Å²) in [6.07, 6.45) is 2.27. The number of nitrogens with zero attached hydrogens (tertiary/aromatic N) is 2. The van der Waals surface area contributed by atoms with Crippen molar-refractivity contribution < 1.29 is 4.52 Å². The van der Waals surface area contributed by atoms with Crippen LogP contribution in [-0.2, 0) is 11.2 Å². The Balaban J connectivity index is 1.96. The van der Waals surface area contributed by atoms with Crippen LogP contribution >= 0.6 is 11.8 Å². The zero-order valence-corrected chi connectivity index (χ0v) is 10.8. The highest BCUT2D eigenvalue weighted by molar-refractivity contribution is 7.98. The van der Waals surface area contributed by atoms with Crippen molar-refractivity contribution in [3.05, 3.63) is 11.7 Å². The lowest BCUT2D eigenvalue weighted by Gasteiger charge is -2.15. The first-order chi connectivity index (χ1) is 7.74. The number of thioether (sulfide) groups is 1. The molecule has 1 aliphatic heterocycles. The highest BCUT2D eigenvalue weighted by atomic mass is 32.2. The molecule has 16 heavy (non-hydrogen) atoms. The van der Waals surface area contributed by atoms with E-state index in [0.29, 0.717) is 0 Å². The molecular formula is C11H19N3OS. The Labute approximate surface area is 101 Å². The van der Waals surface area contributed by atoms with Crippen molar-refractivity contribution >= 4 is 11.8 Å². The quantitative estimate of drug-likeness (QED) is 0.799.